The number of benzene rings is 3. The number of hydrogen-bond donors (Lipinski definition) is 5. The highest BCUT2D eigenvalue weighted by atomic mass is 16.1. The fourth-order valence-electron chi connectivity index (χ4n) is 8.19. The van der Waals surface area contributed by atoms with E-state index < -0.39 is 5.41 Å². The molecule has 260 valence electrons. The Morgan fingerprint density at radius 3 is 1.39 bits per heavy atom. The van der Waals surface area contributed by atoms with E-state index in [2.05, 4.69) is 178 Å². The first-order valence-electron chi connectivity index (χ1n) is 18.2. The number of H-pyrrole nitrogens is 4. The van der Waals surface area contributed by atoms with Gasteiger partial charge in [0.2, 0.25) is 5.91 Å². The molecule has 0 unspecified atom stereocenters. The molecule has 0 fully saturated rings. The fraction of sp³-hybridized carbons (Fsp3) is 0.311. The zero-order valence-electron chi connectivity index (χ0n) is 31.1. The topological polar surface area (TPSA) is 92.3 Å². The Hall–Kier alpha value is -5.23. The van der Waals surface area contributed by atoms with Crippen LogP contribution in [-0.4, -0.2) is 25.8 Å². The third-order valence-corrected chi connectivity index (χ3v) is 12.0. The summed E-state index contributed by atoms with van der Waals surface area (Å²) >= 11 is 0. The van der Waals surface area contributed by atoms with Crippen molar-refractivity contribution in [2.24, 2.45) is 0 Å². The Balaban J connectivity index is 1.20. The van der Waals surface area contributed by atoms with Gasteiger partial charge in [-0.15, -0.1) is 0 Å². The van der Waals surface area contributed by atoms with E-state index in [1.54, 1.807) is 0 Å². The zero-order chi connectivity index (χ0) is 35.9. The molecule has 51 heavy (non-hydrogen) atoms. The quantitative estimate of drug-likeness (QED) is 0.118. The summed E-state index contributed by atoms with van der Waals surface area (Å²) in [6, 6.07) is 34.6. The molecule has 0 saturated carbocycles. The molecule has 1 aliphatic rings. The molecule has 5 heterocycles. The minimum absolute atomic E-state index is 0.00200. The standard InChI is InChI=1S/C45H49N5O/c1-42(2)33-17-18-34(47-33)43(3,4)36-21-22-38(49-36)45(7,8)41-29(24-39(50-41)44(5,6)37-20-19-35(42)48-37)25-40(51)46-26-32-30-15-11-9-13-27(30)23-28-14-10-12-16-31(28)32/h9-24,47-50H,25-26H2,1-8H3,(H,46,51). The van der Waals surface area contributed by atoms with E-state index in [4.69, 9.17) is 0 Å². The number of hydrogen-bond acceptors (Lipinski definition) is 1. The number of aromatic amines is 4. The lowest BCUT2D eigenvalue weighted by Crippen LogP contribution is -2.28. The van der Waals surface area contributed by atoms with Crippen LogP contribution in [0.15, 0.2) is 97.1 Å². The highest BCUT2D eigenvalue weighted by Gasteiger charge is 2.38. The molecule has 8 bridgehead atoms. The number of amides is 1. The Bertz CT molecular complexity index is 2380. The molecule has 6 nitrogen and oxygen atoms in total. The molecule has 6 heteroatoms. The van der Waals surface area contributed by atoms with E-state index in [-0.39, 0.29) is 28.6 Å². The smallest absolute Gasteiger partial charge is 0.224 e. The van der Waals surface area contributed by atoms with E-state index >= 15 is 0 Å². The molecule has 1 aliphatic heterocycles. The van der Waals surface area contributed by atoms with Gasteiger partial charge in [-0.05, 0) is 137 Å². The van der Waals surface area contributed by atoms with Gasteiger partial charge >= 0.3 is 0 Å². The van der Waals surface area contributed by atoms with E-state index in [9.17, 15) is 4.79 Å². The summed E-state index contributed by atoms with van der Waals surface area (Å²) in [5.41, 5.74) is 9.75. The molecule has 0 radical (unpaired) electrons. The van der Waals surface area contributed by atoms with Crippen molar-refractivity contribution in [1.82, 2.24) is 25.3 Å². The third kappa shape index (κ3) is 5.26. The van der Waals surface area contributed by atoms with E-state index in [0.717, 1.165) is 51.0 Å². The molecular weight excluding hydrogens is 627 g/mol. The summed E-state index contributed by atoms with van der Waals surface area (Å²) in [4.78, 5) is 29.3. The van der Waals surface area contributed by atoms with E-state index in [0.29, 0.717) is 6.54 Å². The number of fused-ring (bicyclic) bond motifs is 10. The second-order valence-electron chi connectivity index (χ2n) is 16.7. The molecule has 0 saturated heterocycles. The molecule has 0 aliphatic carbocycles. The SMILES string of the molecule is CC1(C)c2ccc([nH]2)C(C)(C)c2ccc([nH]2)C(C)(C)c2[nH]c(cc2CC(=O)NCc2c3ccccc3cc3ccccc23)C(C)(C)c2ccc1[nH]2. The molecule has 3 aromatic carbocycles. The van der Waals surface area contributed by atoms with Crippen molar-refractivity contribution in [3.05, 3.63) is 154 Å². The summed E-state index contributed by atoms with van der Waals surface area (Å²) in [5.74, 6) is -0.00200. The van der Waals surface area contributed by atoms with Crippen LogP contribution in [0.1, 0.15) is 112 Å². The van der Waals surface area contributed by atoms with Crippen molar-refractivity contribution in [3.8, 4) is 0 Å². The van der Waals surface area contributed by atoms with Crippen LogP contribution < -0.4 is 5.32 Å². The van der Waals surface area contributed by atoms with Gasteiger partial charge in [-0.3, -0.25) is 4.79 Å². The number of carbonyl (C=O) groups excluding carboxylic acids is 1. The van der Waals surface area contributed by atoms with Crippen LogP contribution >= 0.6 is 0 Å². The van der Waals surface area contributed by atoms with Crippen molar-refractivity contribution in [2.45, 2.75) is 90.0 Å². The lowest BCUT2D eigenvalue weighted by Gasteiger charge is -2.28. The first kappa shape index (κ1) is 32.9. The molecule has 5 N–H and O–H groups in total. The van der Waals surface area contributed by atoms with Gasteiger partial charge in [0.05, 0.1) is 6.42 Å². The van der Waals surface area contributed by atoms with Crippen LogP contribution in [0.25, 0.3) is 21.5 Å². The van der Waals surface area contributed by atoms with Gasteiger partial charge in [-0.2, -0.15) is 0 Å². The first-order chi connectivity index (χ1) is 24.2. The first-order valence-corrected chi connectivity index (χ1v) is 18.2. The average Bonchev–Trinajstić information content (AvgIpc) is 3.93. The van der Waals surface area contributed by atoms with Crippen molar-refractivity contribution >= 4 is 27.5 Å². The van der Waals surface area contributed by atoms with Gasteiger partial charge < -0.3 is 25.3 Å². The number of carbonyl (C=O) groups is 1. The van der Waals surface area contributed by atoms with E-state index in [1.807, 2.05) is 0 Å². The number of aromatic nitrogens is 4. The van der Waals surface area contributed by atoms with E-state index in [1.165, 1.54) is 27.2 Å². The minimum atomic E-state index is -0.440. The number of nitrogens with one attached hydrogen (secondary N) is 5. The van der Waals surface area contributed by atoms with Crippen LogP contribution in [0, 0.1) is 0 Å². The molecule has 1 amide bonds. The molecular formula is C45H49N5O. The van der Waals surface area contributed by atoms with Crippen molar-refractivity contribution in [1.29, 1.82) is 0 Å². The van der Waals surface area contributed by atoms with Gasteiger partial charge in [0.15, 0.2) is 0 Å². The van der Waals surface area contributed by atoms with Crippen LogP contribution in [0.4, 0.5) is 0 Å². The molecule has 8 rings (SSSR count). The minimum Gasteiger partial charge on any atom is -0.361 e. The van der Waals surface area contributed by atoms with Gasteiger partial charge in [-0.25, -0.2) is 0 Å². The zero-order valence-corrected chi connectivity index (χ0v) is 31.1. The maximum atomic E-state index is 14.0. The van der Waals surface area contributed by atoms with Gasteiger partial charge in [-0.1, -0.05) is 48.5 Å². The highest BCUT2D eigenvalue weighted by Crippen LogP contribution is 2.42. The summed E-state index contributed by atoms with van der Waals surface area (Å²) in [5, 5.41) is 8.01. The lowest BCUT2D eigenvalue weighted by molar-refractivity contribution is -0.120. The maximum absolute atomic E-state index is 14.0. The van der Waals surface area contributed by atoms with Gasteiger partial charge in [0.1, 0.15) is 0 Å². The summed E-state index contributed by atoms with van der Waals surface area (Å²) in [6.07, 6.45) is 0.265. The Labute approximate surface area is 300 Å². The number of rotatable bonds is 4. The largest absolute Gasteiger partial charge is 0.361 e. The Morgan fingerprint density at radius 2 is 0.922 bits per heavy atom. The van der Waals surface area contributed by atoms with Crippen LogP contribution in [0.2, 0.25) is 0 Å². The normalized spacial score (nSPS) is 17.1. The van der Waals surface area contributed by atoms with Gasteiger partial charge in [0.25, 0.3) is 0 Å². The summed E-state index contributed by atoms with van der Waals surface area (Å²) in [6.45, 7) is 18.5. The third-order valence-electron chi connectivity index (χ3n) is 12.0. The second kappa shape index (κ2) is 11.4. The Morgan fingerprint density at radius 1 is 0.510 bits per heavy atom. The predicted molar refractivity (Wildman–Crippen MR) is 209 cm³/mol. The predicted octanol–water partition coefficient (Wildman–Crippen LogP) is 9.78. The second-order valence-corrected chi connectivity index (χ2v) is 16.7. The van der Waals surface area contributed by atoms with Crippen LogP contribution in [0.3, 0.4) is 0 Å². The molecule has 0 atom stereocenters. The fourth-order valence-corrected chi connectivity index (χ4v) is 8.19. The molecule has 0 spiro atoms. The lowest BCUT2D eigenvalue weighted by atomic mass is 9.83. The monoisotopic (exact) mass is 675 g/mol. The summed E-state index contributed by atoms with van der Waals surface area (Å²) in [7, 11) is 0. The molecule has 4 aromatic heterocycles. The van der Waals surface area contributed by atoms with Crippen LogP contribution in [0.5, 0.6) is 0 Å². The highest BCUT2D eigenvalue weighted by molar-refractivity contribution is 6.02. The van der Waals surface area contributed by atoms with Crippen molar-refractivity contribution in [2.75, 3.05) is 0 Å². The average molecular weight is 676 g/mol. The van der Waals surface area contributed by atoms with Crippen molar-refractivity contribution < 1.29 is 4.79 Å². The van der Waals surface area contributed by atoms with Crippen LogP contribution in [-0.2, 0) is 39.4 Å². The maximum Gasteiger partial charge on any atom is 0.224 e. The summed E-state index contributed by atoms with van der Waals surface area (Å²) < 4.78 is 0. The van der Waals surface area contributed by atoms with Crippen molar-refractivity contribution in [3.63, 3.8) is 0 Å². The Kier molecular flexibility index (Phi) is 7.36. The molecule has 7 aromatic rings. The van der Waals surface area contributed by atoms with Gasteiger partial charge in [0, 0.05) is 73.8 Å².